The molecule has 0 aromatic heterocycles. The smallest absolute Gasteiger partial charge is 0.217 e. The predicted octanol–water partition coefficient (Wildman–Crippen LogP) is 5.06. The van der Waals surface area contributed by atoms with Gasteiger partial charge in [0.25, 0.3) is 0 Å². The van der Waals surface area contributed by atoms with Crippen molar-refractivity contribution in [2.45, 2.75) is 80.4 Å². The number of aliphatic hydroxyl groups excluding tert-OH is 1. The van der Waals surface area contributed by atoms with Gasteiger partial charge >= 0.3 is 0 Å². The fourth-order valence-electron chi connectivity index (χ4n) is 4.87. The Morgan fingerprint density at radius 2 is 1.78 bits per heavy atom. The van der Waals surface area contributed by atoms with Crippen molar-refractivity contribution in [1.82, 2.24) is 5.32 Å². The van der Waals surface area contributed by atoms with E-state index in [1.165, 1.54) is 18.6 Å². The van der Waals surface area contributed by atoms with Gasteiger partial charge in [0, 0.05) is 12.8 Å². The Kier molecular flexibility index (Phi) is 12.9. The molecule has 0 fully saturated rings. The van der Waals surface area contributed by atoms with Crippen molar-refractivity contribution in [3.8, 4) is 0 Å². The van der Waals surface area contributed by atoms with Gasteiger partial charge in [-0.25, -0.2) is 0 Å². The summed E-state index contributed by atoms with van der Waals surface area (Å²) in [5.74, 6) is -0.253. The topological polar surface area (TPSA) is 89.5 Å². The summed E-state index contributed by atoms with van der Waals surface area (Å²) in [6, 6.07) is -0.273. The van der Waals surface area contributed by atoms with Crippen molar-refractivity contribution in [2.75, 3.05) is 0 Å². The van der Waals surface area contributed by atoms with Gasteiger partial charge in [-0.3, -0.25) is 4.79 Å². The molecular weight excluding hydrogens is 450 g/mol. The third kappa shape index (κ3) is 11.4. The van der Waals surface area contributed by atoms with Crippen LogP contribution in [0.1, 0.15) is 68.2 Å². The Bertz CT molecular complexity index is 923. The molecule has 36 heavy (non-hydrogen) atoms. The number of rotatable bonds is 12. The molecule has 0 bridgehead atoms. The molecule has 0 saturated carbocycles. The third-order valence-corrected chi connectivity index (χ3v) is 6.89. The number of carbonyl (C=O) groups excluding carboxylic acids is 2. The van der Waals surface area contributed by atoms with E-state index in [0.29, 0.717) is 5.92 Å². The van der Waals surface area contributed by atoms with Gasteiger partial charge < -0.3 is 20.3 Å². The van der Waals surface area contributed by atoms with E-state index < -0.39 is 12.1 Å². The van der Waals surface area contributed by atoms with Crippen LogP contribution in [0.25, 0.3) is 0 Å². The summed E-state index contributed by atoms with van der Waals surface area (Å²) < 4.78 is 0. The van der Waals surface area contributed by atoms with E-state index in [2.05, 4.69) is 75.5 Å². The number of allylic oxidation sites excluding steroid dienone is 11. The molecule has 0 unspecified atom stereocenters. The van der Waals surface area contributed by atoms with Gasteiger partial charge in [0.1, 0.15) is 0 Å². The number of hydrogen-bond acceptors (Lipinski definition) is 4. The van der Waals surface area contributed by atoms with E-state index in [-0.39, 0.29) is 35.1 Å². The molecule has 0 aromatic rings. The van der Waals surface area contributed by atoms with Crippen molar-refractivity contribution in [1.29, 1.82) is 0 Å². The zero-order valence-corrected chi connectivity index (χ0v) is 23.3. The van der Waals surface area contributed by atoms with Crippen molar-refractivity contribution >= 4 is 11.9 Å². The summed E-state index contributed by atoms with van der Waals surface area (Å²) in [5, 5.41) is 23.9. The number of carboxylic acid groups (broad SMARTS) is 1. The number of hydrogen-bond donors (Lipinski definition) is 2. The first-order valence-electron chi connectivity index (χ1n) is 13.0. The SMILES string of the molecule is CC(=O)N[C@H](C)[C@@H](O)[C@@H](C)C[C@H](C)/C=C/C(C)=C/[C@H]1C=C[C@@H](C)C[C@@]1(C)/C=C/C(C)=C\C=C\C(=O)[O-]. The monoisotopic (exact) mass is 496 g/mol. The zero-order valence-electron chi connectivity index (χ0n) is 23.3. The summed E-state index contributed by atoms with van der Waals surface area (Å²) in [6.07, 6.45) is 21.1. The maximum atomic E-state index is 11.3. The molecule has 1 aliphatic rings. The molecule has 2 N–H and O–H groups in total. The number of aliphatic carboxylic acids is 1. The highest BCUT2D eigenvalue weighted by atomic mass is 16.4. The Labute approximate surface area is 218 Å². The zero-order chi connectivity index (χ0) is 27.5. The summed E-state index contributed by atoms with van der Waals surface area (Å²) in [4.78, 5) is 21.8. The first kappa shape index (κ1) is 31.4. The molecule has 0 saturated heterocycles. The van der Waals surface area contributed by atoms with Crippen LogP contribution >= 0.6 is 0 Å². The quantitative estimate of drug-likeness (QED) is 0.224. The van der Waals surface area contributed by atoms with Crippen LogP contribution in [0.2, 0.25) is 0 Å². The third-order valence-electron chi connectivity index (χ3n) is 6.89. The molecule has 1 amide bonds. The number of carboxylic acids is 1. The minimum absolute atomic E-state index is 0.0550. The van der Waals surface area contributed by atoms with Gasteiger partial charge in [-0.2, -0.15) is 0 Å². The van der Waals surface area contributed by atoms with Gasteiger partial charge in [-0.1, -0.05) is 93.5 Å². The van der Waals surface area contributed by atoms with Crippen LogP contribution in [-0.2, 0) is 9.59 Å². The molecule has 0 aromatic carbocycles. The van der Waals surface area contributed by atoms with Gasteiger partial charge in [-0.05, 0) is 62.9 Å². The van der Waals surface area contributed by atoms with E-state index in [9.17, 15) is 19.8 Å². The molecule has 1 aliphatic carbocycles. The number of amides is 1. The molecular formula is C31H46NO4-. The van der Waals surface area contributed by atoms with E-state index in [0.717, 1.165) is 24.5 Å². The summed E-state index contributed by atoms with van der Waals surface area (Å²) in [5.41, 5.74) is 2.11. The first-order valence-corrected chi connectivity index (χ1v) is 13.0. The van der Waals surface area contributed by atoms with Crippen LogP contribution in [-0.4, -0.2) is 29.1 Å². The molecule has 5 nitrogen and oxygen atoms in total. The van der Waals surface area contributed by atoms with Crippen molar-refractivity contribution in [2.24, 2.45) is 29.1 Å². The Morgan fingerprint density at radius 3 is 2.39 bits per heavy atom. The largest absolute Gasteiger partial charge is 0.545 e. The highest BCUT2D eigenvalue weighted by Gasteiger charge is 2.33. The van der Waals surface area contributed by atoms with Crippen LogP contribution in [0.3, 0.4) is 0 Å². The Morgan fingerprint density at radius 1 is 1.11 bits per heavy atom. The molecule has 0 heterocycles. The van der Waals surface area contributed by atoms with E-state index in [4.69, 9.17) is 0 Å². The lowest BCUT2D eigenvalue weighted by Gasteiger charge is -2.37. The lowest BCUT2D eigenvalue weighted by Crippen LogP contribution is -2.43. The lowest BCUT2D eigenvalue weighted by molar-refractivity contribution is -0.297. The molecule has 1 rings (SSSR count). The van der Waals surface area contributed by atoms with Crippen molar-refractivity contribution < 1.29 is 19.8 Å². The number of nitrogens with one attached hydrogen (secondary N) is 1. The average Bonchev–Trinajstić information content (AvgIpc) is 2.77. The Balaban J connectivity index is 2.90. The molecule has 200 valence electrons. The molecule has 0 aliphatic heterocycles. The number of carbonyl (C=O) groups is 2. The Hall–Kier alpha value is -2.66. The maximum absolute atomic E-state index is 11.3. The normalized spacial score (nSPS) is 26.9. The van der Waals surface area contributed by atoms with Gasteiger partial charge in [0.15, 0.2) is 0 Å². The van der Waals surface area contributed by atoms with Crippen LogP contribution < -0.4 is 10.4 Å². The molecule has 0 spiro atoms. The fourth-order valence-corrected chi connectivity index (χ4v) is 4.87. The lowest BCUT2D eigenvalue weighted by atomic mass is 9.67. The predicted molar refractivity (Wildman–Crippen MR) is 147 cm³/mol. The average molecular weight is 497 g/mol. The highest BCUT2D eigenvalue weighted by Crippen LogP contribution is 2.42. The van der Waals surface area contributed by atoms with E-state index in [1.807, 2.05) is 20.8 Å². The van der Waals surface area contributed by atoms with Crippen molar-refractivity contribution in [3.63, 3.8) is 0 Å². The summed E-state index contributed by atoms with van der Waals surface area (Å²) >= 11 is 0. The second-order valence-corrected chi connectivity index (χ2v) is 11.0. The van der Waals surface area contributed by atoms with Crippen LogP contribution in [0.5, 0.6) is 0 Å². The van der Waals surface area contributed by atoms with Crippen molar-refractivity contribution in [3.05, 3.63) is 71.9 Å². The van der Waals surface area contributed by atoms with Crippen LogP contribution in [0.15, 0.2) is 71.9 Å². The number of aliphatic hydroxyl groups is 1. The highest BCUT2D eigenvalue weighted by molar-refractivity contribution is 5.78. The minimum atomic E-state index is -1.20. The van der Waals surface area contributed by atoms with Crippen LogP contribution in [0.4, 0.5) is 0 Å². The first-order chi connectivity index (χ1) is 16.7. The second-order valence-electron chi connectivity index (χ2n) is 11.0. The van der Waals surface area contributed by atoms with E-state index >= 15 is 0 Å². The molecule has 7 atom stereocenters. The van der Waals surface area contributed by atoms with Crippen LogP contribution in [0, 0.1) is 29.1 Å². The van der Waals surface area contributed by atoms with Gasteiger partial charge in [0.05, 0.1) is 18.1 Å². The summed E-state index contributed by atoms with van der Waals surface area (Å²) in [6.45, 7) is 16.0. The fraction of sp³-hybridized carbons (Fsp3) is 0.548. The standard InChI is InChI=1S/C31H47NO4/c1-21(10-9-11-29(34)35)16-17-31(8)20-24(4)14-15-28(31)19-23(3)13-12-22(2)18-25(5)30(36)26(6)32-27(7)33/h9-17,19,22,24-26,28,30,36H,18,20H2,1-8H3,(H,32,33)(H,34,35)/p-1/b11-9+,13-12+,17-16+,21-10-,23-19+/t22-,24-,25+,26-,28-,30+,31-/m1/s1. The minimum Gasteiger partial charge on any atom is -0.545 e. The molecule has 5 heteroatoms. The summed E-state index contributed by atoms with van der Waals surface area (Å²) in [7, 11) is 0. The van der Waals surface area contributed by atoms with E-state index in [1.54, 1.807) is 6.08 Å². The molecule has 0 radical (unpaired) electrons. The van der Waals surface area contributed by atoms with Gasteiger partial charge in [-0.15, -0.1) is 0 Å². The second kappa shape index (κ2) is 14.8. The maximum Gasteiger partial charge on any atom is 0.217 e. The van der Waals surface area contributed by atoms with Gasteiger partial charge in [0.2, 0.25) is 5.91 Å².